The summed E-state index contributed by atoms with van der Waals surface area (Å²) in [5.41, 5.74) is 0.367. The Balaban J connectivity index is 2.37. The van der Waals surface area contributed by atoms with Gasteiger partial charge in [0.2, 0.25) is 0 Å². The van der Waals surface area contributed by atoms with E-state index < -0.39 is 10.0 Å². The van der Waals surface area contributed by atoms with E-state index in [-0.39, 0.29) is 4.90 Å². The maximum absolute atomic E-state index is 12.4. The summed E-state index contributed by atoms with van der Waals surface area (Å²) in [5, 5.41) is 0.408. The Morgan fingerprint density at radius 2 is 1.86 bits per heavy atom. The van der Waals surface area contributed by atoms with Gasteiger partial charge in [-0.3, -0.25) is 4.72 Å². The van der Waals surface area contributed by atoms with Crippen molar-refractivity contribution in [2.45, 2.75) is 4.90 Å². The van der Waals surface area contributed by atoms with E-state index in [0.717, 1.165) is 4.47 Å². The van der Waals surface area contributed by atoms with E-state index in [9.17, 15) is 8.42 Å². The highest BCUT2D eigenvalue weighted by atomic mass is 79.9. The van der Waals surface area contributed by atoms with E-state index in [0.29, 0.717) is 20.9 Å². The summed E-state index contributed by atoms with van der Waals surface area (Å²) >= 11 is 12.4. The van der Waals surface area contributed by atoms with Gasteiger partial charge < -0.3 is 4.74 Å². The van der Waals surface area contributed by atoms with Gasteiger partial charge in [0.25, 0.3) is 10.0 Å². The van der Waals surface area contributed by atoms with Gasteiger partial charge in [-0.25, -0.2) is 8.42 Å². The fourth-order valence-corrected chi connectivity index (χ4v) is 4.62. The summed E-state index contributed by atoms with van der Waals surface area (Å²) in [6.07, 6.45) is 0. The Bertz CT molecular complexity index is 781. The van der Waals surface area contributed by atoms with E-state index in [1.54, 1.807) is 24.3 Å². The SMILES string of the molecule is COc1cc(NS(=O)(=O)c2ccc(Br)cc2Br)ccc1Cl. The zero-order valence-corrected chi connectivity index (χ0v) is 15.5. The fourth-order valence-electron chi connectivity index (χ4n) is 1.63. The average Bonchev–Trinajstić information content (AvgIpc) is 2.40. The molecule has 0 atom stereocenters. The molecule has 21 heavy (non-hydrogen) atoms. The van der Waals surface area contributed by atoms with Crippen LogP contribution in [0.15, 0.2) is 50.2 Å². The summed E-state index contributed by atoms with van der Waals surface area (Å²) in [6, 6.07) is 9.47. The lowest BCUT2D eigenvalue weighted by atomic mass is 10.3. The van der Waals surface area contributed by atoms with Gasteiger partial charge in [-0.1, -0.05) is 27.5 Å². The quantitative estimate of drug-likeness (QED) is 0.729. The van der Waals surface area contributed by atoms with Crippen LogP contribution in [0.4, 0.5) is 5.69 Å². The molecule has 0 aromatic heterocycles. The molecule has 1 N–H and O–H groups in total. The highest BCUT2D eigenvalue weighted by molar-refractivity contribution is 9.11. The summed E-state index contributed by atoms with van der Waals surface area (Å²) in [6.45, 7) is 0. The summed E-state index contributed by atoms with van der Waals surface area (Å²) < 4.78 is 33.6. The minimum atomic E-state index is -3.71. The van der Waals surface area contributed by atoms with Crippen LogP contribution in [-0.2, 0) is 10.0 Å². The number of nitrogens with one attached hydrogen (secondary N) is 1. The van der Waals surface area contributed by atoms with Crippen molar-refractivity contribution in [3.63, 3.8) is 0 Å². The van der Waals surface area contributed by atoms with Crippen LogP contribution in [0.1, 0.15) is 0 Å². The minimum Gasteiger partial charge on any atom is -0.495 e. The molecule has 8 heteroatoms. The molecule has 0 saturated carbocycles. The Labute approximate surface area is 144 Å². The first kappa shape index (κ1) is 16.6. The van der Waals surface area contributed by atoms with E-state index in [1.807, 2.05) is 0 Å². The number of halogens is 3. The van der Waals surface area contributed by atoms with E-state index in [4.69, 9.17) is 16.3 Å². The highest BCUT2D eigenvalue weighted by Crippen LogP contribution is 2.30. The molecule has 0 aliphatic heterocycles. The Hall–Kier alpha value is -0.760. The Morgan fingerprint density at radius 3 is 2.48 bits per heavy atom. The van der Waals surface area contributed by atoms with Gasteiger partial charge in [0.05, 0.1) is 17.8 Å². The van der Waals surface area contributed by atoms with Gasteiger partial charge in [-0.2, -0.15) is 0 Å². The van der Waals surface area contributed by atoms with Crippen molar-refractivity contribution in [3.8, 4) is 5.75 Å². The van der Waals surface area contributed by atoms with Gasteiger partial charge in [-0.15, -0.1) is 0 Å². The third kappa shape index (κ3) is 3.91. The largest absolute Gasteiger partial charge is 0.495 e. The maximum Gasteiger partial charge on any atom is 0.263 e. The van der Waals surface area contributed by atoms with Crippen LogP contribution >= 0.6 is 43.5 Å². The smallest absolute Gasteiger partial charge is 0.263 e. The molecule has 0 unspecified atom stereocenters. The standard InChI is InChI=1S/C13H10Br2ClNO3S/c1-20-12-7-9(3-4-11(12)16)17-21(18,19)13-5-2-8(14)6-10(13)15/h2-7,17H,1H3. The number of hydrogen-bond acceptors (Lipinski definition) is 3. The zero-order valence-electron chi connectivity index (χ0n) is 10.7. The van der Waals surface area contributed by atoms with Gasteiger partial charge in [0.15, 0.2) is 0 Å². The third-order valence-corrected chi connectivity index (χ3v) is 5.75. The second-order valence-corrected chi connectivity index (χ2v) is 7.86. The van der Waals surface area contributed by atoms with Crippen LogP contribution in [0, 0.1) is 0 Å². The van der Waals surface area contributed by atoms with E-state index >= 15 is 0 Å². The van der Waals surface area contributed by atoms with Crippen LogP contribution in [-0.4, -0.2) is 15.5 Å². The highest BCUT2D eigenvalue weighted by Gasteiger charge is 2.18. The second-order valence-electron chi connectivity index (χ2n) is 4.03. The third-order valence-electron chi connectivity index (χ3n) is 2.59. The Morgan fingerprint density at radius 1 is 1.14 bits per heavy atom. The van der Waals surface area contributed by atoms with Crippen LogP contribution in [0.3, 0.4) is 0 Å². The summed E-state index contributed by atoms with van der Waals surface area (Å²) in [5.74, 6) is 0.395. The second kappa shape index (κ2) is 6.56. The number of ether oxygens (including phenoxy) is 1. The van der Waals surface area contributed by atoms with Crippen molar-refractivity contribution in [2.24, 2.45) is 0 Å². The lowest BCUT2D eigenvalue weighted by Gasteiger charge is -2.11. The van der Waals surface area contributed by atoms with Crippen molar-refractivity contribution in [2.75, 3.05) is 11.8 Å². The molecule has 112 valence electrons. The number of methoxy groups -OCH3 is 1. The van der Waals surface area contributed by atoms with Gasteiger partial charge >= 0.3 is 0 Å². The first-order chi connectivity index (χ1) is 9.83. The molecule has 0 bridgehead atoms. The molecule has 0 aliphatic carbocycles. The normalized spacial score (nSPS) is 11.2. The van der Waals surface area contributed by atoms with Gasteiger partial charge in [0.1, 0.15) is 10.6 Å². The zero-order chi connectivity index (χ0) is 15.6. The molecule has 4 nitrogen and oxygen atoms in total. The predicted octanol–water partition coefficient (Wildman–Crippen LogP) is 4.67. The molecule has 0 radical (unpaired) electrons. The van der Waals surface area contributed by atoms with Crippen LogP contribution in [0.2, 0.25) is 5.02 Å². The minimum absolute atomic E-state index is 0.139. The predicted molar refractivity (Wildman–Crippen MR) is 90.7 cm³/mol. The van der Waals surface area contributed by atoms with Crippen LogP contribution in [0.5, 0.6) is 5.75 Å². The fraction of sp³-hybridized carbons (Fsp3) is 0.0769. The Kier molecular flexibility index (Phi) is 5.19. The molecular formula is C13H10Br2ClNO3S. The van der Waals surface area contributed by atoms with Gasteiger partial charge in [0, 0.05) is 15.0 Å². The number of rotatable bonds is 4. The van der Waals surface area contributed by atoms with Crippen molar-refractivity contribution >= 4 is 59.2 Å². The van der Waals surface area contributed by atoms with Crippen LogP contribution in [0.25, 0.3) is 0 Å². The average molecular weight is 456 g/mol. The van der Waals surface area contributed by atoms with Crippen molar-refractivity contribution < 1.29 is 13.2 Å². The van der Waals surface area contributed by atoms with Crippen molar-refractivity contribution in [3.05, 3.63) is 50.4 Å². The first-order valence-corrected chi connectivity index (χ1v) is 9.09. The van der Waals surface area contributed by atoms with Crippen LogP contribution < -0.4 is 9.46 Å². The molecule has 0 saturated heterocycles. The topological polar surface area (TPSA) is 55.4 Å². The molecule has 0 spiro atoms. The summed E-state index contributed by atoms with van der Waals surface area (Å²) in [4.78, 5) is 0.139. The maximum atomic E-state index is 12.4. The molecule has 0 amide bonds. The number of sulfonamides is 1. The molecule has 0 heterocycles. The summed E-state index contributed by atoms with van der Waals surface area (Å²) in [7, 11) is -2.25. The molecular weight excluding hydrogens is 445 g/mol. The molecule has 2 rings (SSSR count). The molecule has 0 aliphatic rings. The molecule has 2 aromatic carbocycles. The number of benzene rings is 2. The molecule has 2 aromatic rings. The lowest BCUT2D eigenvalue weighted by molar-refractivity contribution is 0.415. The van der Waals surface area contributed by atoms with E-state index in [1.165, 1.54) is 19.2 Å². The first-order valence-electron chi connectivity index (χ1n) is 5.65. The van der Waals surface area contributed by atoms with E-state index in [2.05, 4.69) is 36.6 Å². The van der Waals surface area contributed by atoms with Crippen molar-refractivity contribution in [1.29, 1.82) is 0 Å². The lowest BCUT2D eigenvalue weighted by Crippen LogP contribution is -2.13. The monoisotopic (exact) mass is 453 g/mol. The number of anilines is 1. The number of hydrogen-bond donors (Lipinski definition) is 1. The van der Waals surface area contributed by atoms with Gasteiger partial charge in [-0.05, 0) is 46.3 Å². The van der Waals surface area contributed by atoms with Crippen molar-refractivity contribution in [1.82, 2.24) is 0 Å². The molecule has 0 fully saturated rings.